The molecule has 9 rings (SSSR count). The number of hydrogen-bond donors (Lipinski definition) is 1. The quantitative estimate of drug-likeness (QED) is 0.123. The fourth-order valence-corrected chi connectivity index (χ4v) is 8.60. The first-order valence-corrected chi connectivity index (χ1v) is 20.4. The van der Waals surface area contributed by atoms with E-state index in [2.05, 4.69) is 5.32 Å². The summed E-state index contributed by atoms with van der Waals surface area (Å²) in [5, 5.41) is 3.44. The topological polar surface area (TPSA) is 76.9 Å². The molecule has 0 amide bonds. The maximum Gasteiger partial charge on any atom is 0.226 e. The molecule has 14 heteroatoms. The average molecular weight is 897 g/mol. The van der Waals surface area contributed by atoms with Crippen molar-refractivity contribution < 1.29 is 45.3 Å². The molecular formula is C52H38F6N4O4. The molecule has 0 bridgehead atoms. The molecule has 7 aromatic rings. The van der Waals surface area contributed by atoms with E-state index in [-0.39, 0.29) is 22.8 Å². The van der Waals surface area contributed by atoms with Crippen LogP contribution in [0.1, 0.15) is 33.4 Å². The Balaban J connectivity index is 1.55. The summed E-state index contributed by atoms with van der Waals surface area (Å²) in [6.07, 6.45) is 0. The second-order valence-corrected chi connectivity index (χ2v) is 15.3. The normalized spacial score (nSPS) is 16.4. The number of rotatable bonds is 12. The van der Waals surface area contributed by atoms with Crippen LogP contribution in [0.2, 0.25) is 0 Å². The minimum absolute atomic E-state index is 0.0515. The lowest BCUT2D eigenvalue weighted by atomic mass is 9.79. The molecule has 2 aliphatic rings. The fraction of sp³-hybridized carbons (Fsp3) is 0.115. The van der Waals surface area contributed by atoms with Gasteiger partial charge in [0.05, 0.1) is 56.9 Å². The van der Waals surface area contributed by atoms with Crippen LogP contribution in [0.5, 0.6) is 23.0 Å². The zero-order chi connectivity index (χ0) is 46.3. The molecule has 0 saturated carbocycles. The van der Waals surface area contributed by atoms with Crippen LogP contribution in [0.15, 0.2) is 162 Å². The van der Waals surface area contributed by atoms with Crippen LogP contribution in [-0.2, 0) is 11.3 Å². The third-order valence-electron chi connectivity index (χ3n) is 11.5. The van der Waals surface area contributed by atoms with Crippen LogP contribution >= 0.6 is 0 Å². The first kappa shape index (κ1) is 43.3. The van der Waals surface area contributed by atoms with Gasteiger partial charge in [-0.15, -0.1) is 0 Å². The molecule has 0 radical (unpaired) electrons. The zero-order valence-electron chi connectivity index (χ0n) is 35.7. The second kappa shape index (κ2) is 17.2. The van der Waals surface area contributed by atoms with Gasteiger partial charge in [-0.2, -0.15) is 0 Å². The molecule has 1 N–H and O–H groups in total. The molecule has 1 unspecified atom stereocenters. The Morgan fingerprint density at radius 3 is 1.38 bits per heavy atom. The highest BCUT2D eigenvalue weighted by molar-refractivity contribution is 6.54. The van der Waals surface area contributed by atoms with E-state index in [9.17, 15) is 0 Å². The summed E-state index contributed by atoms with van der Waals surface area (Å²) in [5.74, 6) is -4.74. The minimum atomic E-state index is -2.74. The zero-order valence-corrected chi connectivity index (χ0v) is 35.7. The number of anilines is 1. The summed E-state index contributed by atoms with van der Waals surface area (Å²) < 4.78 is 122. The Morgan fingerprint density at radius 2 is 0.864 bits per heavy atom. The third-order valence-corrected chi connectivity index (χ3v) is 11.5. The standard InChI is InChI=1S/C52H38F6N4O4/c1-63-37-13-5-9-30(23-37)47-48(31-10-6-14-38(24-31)64-2)60-51(59-47,41-27-34(53)17-20-43(41)56)52(42-28-35(54)18-21-44(42)57)61-49(32-11-7-15-39(25-32)65-3)50(33-12-8-16-40(26-33)66-4)62(52)46-22-19-36(55)29-45(46)58/h5-29,61H,1-4H3. The summed E-state index contributed by atoms with van der Waals surface area (Å²) in [5.41, 5.74) is -5.42. The van der Waals surface area contributed by atoms with Crippen molar-refractivity contribution in [2.45, 2.75) is 11.3 Å². The van der Waals surface area contributed by atoms with Gasteiger partial charge in [-0.1, -0.05) is 48.5 Å². The number of benzene rings is 7. The highest BCUT2D eigenvalue weighted by Crippen LogP contribution is 2.60. The molecule has 1 atom stereocenters. The highest BCUT2D eigenvalue weighted by atomic mass is 19.2. The molecule has 0 fully saturated rings. The number of nitrogens with one attached hydrogen (secondary N) is 1. The van der Waals surface area contributed by atoms with Crippen molar-refractivity contribution in [3.8, 4) is 23.0 Å². The van der Waals surface area contributed by atoms with Crippen LogP contribution in [0.3, 0.4) is 0 Å². The molecule has 8 nitrogen and oxygen atoms in total. The summed E-state index contributed by atoms with van der Waals surface area (Å²) in [7, 11) is 5.82. The highest BCUT2D eigenvalue weighted by Gasteiger charge is 2.67. The van der Waals surface area contributed by atoms with Gasteiger partial charge in [0.25, 0.3) is 0 Å². The Hall–Kier alpha value is -8.00. The molecule has 0 spiro atoms. The monoisotopic (exact) mass is 896 g/mol. The van der Waals surface area contributed by atoms with Crippen molar-refractivity contribution in [2.75, 3.05) is 33.3 Å². The summed E-state index contributed by atoms with van der Waals surface area (Å²) in [6.45, 7) is 0. The van der Waals surface area contributed by atoms with Crippen molar-refractivity contribution in [3.63, 3.8) is 0 Å². The summed E-state index contributed by atoms with van der Waals surface area (Å²) in [6, 6.07) is 34.6. The molecule has 0 aliphatic carbocycles. The van der Waals surface area contributed by atoms with E-state index in [0.717, 1.165) is 48.5 Å². The molecule has 332 valence electrons. The summed E-state index contributed by atoms with van der Waals surface area (Å²) >= 11 is 0. The lowest BCUT2D eigenvalue weighted by Crippen LogP contribution is -2.63. The van der Waals surface area contributed by atoms with Gasteiger partial charge in [0.15, 0.2) is 5.66 Å². The average Bonchev–Trinajstić information content (AvgIpc) is 3.93. The van der Waals surface area contributed by atoms with Crippen molar-refractivity contribution >= 4 is 28.5 Å². The number of aliphatic imine (C=N–C) groups is 2. The van der Waals surface area contributed by atoms with Crippen LogP contribution < -0.4 is 29.2 Å². The molecule has 0 aromatic heterocycles. The Kier molecular flexibility index (Phi) is 11.3. The molecular weight excluding hydrogens is 859 g/mol. The SMILES string of the molecule is COc1cccc(C2=NC(c3cc(F)ccc3F)(C3(c4cc(F)ccc4F)NC(c4cccc(OC)c4)=C(c4cccc(OC)c4)N3c3ccc(F)cc3F)N=C2c2cccc(OC)c2)c1. The molecule has 2 aliphatic heterocycles. The van der Waals surface area contributed by atoms with E-state index < -0.39 is 63.0 Å². The predicted octanol–water partition coefficient (Wildman–Crippen LogP) is 11.2. The first-order valence-electron chi connectivity index (χ1n) is 20.4. The van der Waals surface area contributed by atoms with E-state index in [1.165, 1.54) is 33.3 Å². The number of halogens is 6. The molecule has 0 saturated heterocycles. The second-order valence-electron chi connectivity index (χ2n) is 15.3. The van der Waals surface area contributed by atoms with Gasteiger partial charge in [0.2, 0.25) is 5.66 Å². The van der Waals surface area contributed by atoms with Gasteiger partial charge in [-0.25, -0.2) is 36.3 Å². The third kappa shape index (κ3) is 7.24. The van der Waals surface area contributed by atoms with Gasteiger partial charge in [0, 0.05) is 39.4 Å². The smallest absolute Gasteiger partial charge is 0.226 e. The van der Waals surface area contributed by atoms with Gasteiger partial charge >= 0.3 is 0 Å². The predicted molar refractivity (Wildman–Crippen MR) is 240 cm³/mol. The van der Waals surface area contributed by atoms with E-state index in [1.54, 1.807) is 97.1 Å². The van der Waals surface area contributed by atoms with Crippen LogP contribution in [0.25, 0.3) is 11.4 Å². The van der Waals surface area contributed by atoms with Gasteiger partial charge in [-0.05, 0) is 97.1 Å². The van der Waals surface area contributed by atoms with Crippen molar-refractivity contribution in [1.82, 2.24) is 5.32 Å². The molecule has 66 heavy (non-hydrogen) atoms. The van der Waals surface area contributed by atoms with E-state index in [4.69, 9.17) is 28.9 Å². The minimum Gasteiger partial charge on any atom is -0.497 e. The van der Waals surface area contributed by atoms with Gasteiger partial charge < -0.3 is 29.2 Å². The number of hydrogen-bond acceptors (Lipinski definition) is 8. The van der Waals surface area contributed by atoms with E-state index >= 15 is 26.3 Å². The number of methoxy groups -OCH3 is 4. The summed E-state index contributed by atoms with van der Waals surface area (Å²) in [4.78, 5) is 11.9. The van der Waals surface area contributed by atoms with Gasteiger partial charge in [0.1, 0.15) is 57.9 Å². The molecule has 2 heterocycles. The van der Waals surface area contributed by atoms with Crippen molar-refractivity contribution in [3.05, 3.63) is 220 Å². The number of nitrogens with zero attached hydrogens (tertiary/aromatic N) is 3. The number of ether oxygens (including phenoxy) is 4. The first-order chi connectivity index (χ1) is 31.9. The lowest BCUT2D eigenvalue weighted by molar-refractivity contribution is 0.205. The van der Waals surface area contributed by atoms with Crippen LogP contribution in [-0.4, -0.2) is 39.9 Å². The van der Waals surface area contributed by atoms with E-state index in [1.807, 2.05) is 0 Å². The van der Waals surface area contributed by atoms with E-state index in [0.29, 0.717) is 51.3 Å². The maximum atomic E-state index is 17.6. The van der Waals surface area contributed by atoms with Gasteiger partial charge in [-0.3, -0.25) is 0 Å². The Labute approximate surface area is 375 Å². The van der Waals surface area contributed by atoms with Crippen LogP contribution in [0.4, 0.5) is 32.0 Å². The van der Waals surface area contributed by atoms with Crippen LogP contribution in [0, 0.1) is 34.9 Å². The Morgan fingerprint density at radius 1 is 0.439 bits per heavy atom. The van der Waals surface area contributed by atoms with Crippen molar-refractivity contribution in [1.29, 1.82) is 0 Å². The largest absolute Gasteiger partial charge is 0.497 e. The van der Waals surface area contributed by atoms with Crippen molar-refractivity contribution in [2.24, 2.45) is 9.98 Å². The maximum absolute atomic E-state index is 17.6. The lowest BCUT2D eigenvalue weighted by Gasteiger charge is -2.50. The fourth-order valence-electron chi connectivity index (χ4n) is 8.60. The Bertz CT molecular complexity index is 3080. The molecule has 7 aromatic carbocycles.